The summed E-state index contributed by atoms with van der Waals surface area (Å²) in [5.74, 6) is 0.926. The molecule has 0 amide bonds. The Kier molecular flexibility index (Phi) is 10.3. The van der Waals surface area contributed by atoms with Crippen LogP contribution in [0.25, 0.3) is 0 Å². The summed E-state index contributed by atoms with van der Waals surface area (Å²) in [5.41, 5.74) is 8.55. The maximum Gasteiger partial charge on any atom is 0.188 e. The van der Waals surface area contributed by atoms with Crippen molar-refractivity contribution in [1.29, 1.82) is 0 Å². The lowest BCUT2D eigenvalue weighted by molar-refractivity contribution is 0.0376. The molecule has 0 saturated carbocycles. The molecule has 2 rings (SSSR count). The Morgan fingerprint density at radius 3 is 2.83 bits per heavy atom. The van der Waals surface area contributed by atoms with Gasteiger partial charge >= 0.3 is 0 Å². The Morgan fingerprint density at radius 1 is 1.38 bits per heavy atom. The van der Waals surface area contributed by atoms with Crippen LogP contribution in [0.5, 0.6) is 0 Å². The number of hydrogen-bond donors (Lipinski definition) is 2. The number of aliphatic imine (C=N–C) groups is 1. The van der Waals surface area contributed by atoms with Crippen molar-refractivity contribution in [3.05, 3.63) is 35.4 Å². The van der Waals surface area contributed by atoms with Crippen molar-refractivity contribution in [2.24, 2.45) is 10.7 Å². The lowest BCUT2D eigenvalue weighted by Gasteiger charge is -2.26. The van der Waals surface area contributed by atoms with E-state index in [1.165, 1.54) is 11.1 Å². The zero-order valence-corrected chi connectivity index (χ0v) is 17.2. The number of nitrogens with zero attached hydrogens (tertiary/aromatic N) is 2. The van der Waals surface area contributed by atoms with Crippen molar-refractivity contribution in [2.45, 2.75) is 26.2 Å². The molecule has 1 aromatic rings. The smallest absolute Gasteiger partial charge is 0.188 e. The van der Waals surface area contributed by atoms with Crippen molar-refractivity contribution in [3.63, 3.8) is 0 Å². The van der Waals surface area contributed by atoms with E-state index in [1.54, 1.807) is 0 Å². The summed E-state index contributed by atoms with van der Waals surface area (Å²) < 4.78 is 5.35. The van der Waals surface area contributed by atoms with Crippen LogP contribution in [-0.4, -0.2) is 56.8 Å². The lowest BCUT2D eigenvalue weighted by atomic mass is 10.00. The molecule has 1 aromatic carbocycles. The maximum absolute atomic E-state index is 5.95. The molecule has 0 radical (unpaired) electrons. The van der Waals surface area contributed by atoms with Crippen LogP contribution in [0.3, 0.4) is 0 Å². The molecule has 0 bridgehead atoms. The first-order chi connectivity index (χ1) is 11.1. The van der Waals surface area contributed by atoms with E-state index >= 15 is 0 Å². The monoisotopic (exact) mass is 446 g/mol. The van der Waals surface area contributed by atoms with Gasteiger partial charge in [-0.25, -0.2) is 0 Å². The van der Waals surface area contributed by atoms with Crippen LogP contribution < -0.4 is 11.1 Å². The van der Waals surface area contributed by atoms with Crippen molar-refractivity contribution in [3.8, 4) is 0 Å². The number of guanidine groups is 1. The molecule has 1 aliphatic rings. The zero-order chi connectivity index (χ0) is 16.5. The second-order valence-electron chi connectivity index (χ2n) is 6.28. The highest BCUT2D eigenvalue weighted by Crippen LogP contribution is 2.16. The van der Waals surface area contributed by atoms with Gasteiger partial charge in [0, 0.05) is 32.1 Å². The first-order valence-electron chi connectivity index (χ1n) is 8.55. The Bertz CT molecular complexity index is 504. The molecule has 0 spiro atoms. The largest absolute Gasteiger partial charge is 0.379 e. The quantitative estimate of drug-likeness (QED) is 0.292. The maximum atomic E-state index is 5.95. The Hall–Kier alpha value is -0.860. The number of nitrogens with one attached hydrogen (secondary N) is 1. The fourth-order valence-electron chi connectivity index (χ4n) is 2.72. The SMILES string of the molecule is Cc1cccc(C(C)CN=C(N)NCCCN2CCOCC2)c1.I. The number of benzene rings is 1. The number of ether oxygens (including phenoxy) is 1. The van der Waals surface area contributed by atoms with E-state index in [-0.39, 0.29) is 24.0 Å². The molecule has 1 saturated heterocycles. The molecule has 3 N–H and O–H groups in total. The van der Waals surface area contributed by atoms with Gasteiger partial charge in [-0.3, -0.25) is 9.89 Å². The van der Waals surface area contributed by atoms with Gasteiger partial charge in [-0.05, 0) is 25.5 Å². The number of rotatable bonds is 7. The average Bonchev–Trinajstić information content (AvgIpc) is 2.57. The zero-order valence-electron chi connectivity index (χ0n) is 14.8. The molecule has 1 unspecified atom stereocenters. The van der Waals surface area contributed by atoms with E-state index in [4.69, 9.17) is 10.5 Å². The highest BCUT2D eigenvalue weighted by molar-refractivity contribution is 14.0. The van der Waals surface area contributed by atoms with E-state index in [1.807, 2.05) is 0 Å². The van der Waals surface area contributed by atoms with Crippen molar-refractivity contribution < 1.29 is 4.74 Å². The topological polar surface area (TPSA) is 62.9 Å². The number of hydrogen-bond acceptors (Lipinski definition) is 3. The summed E-state index contributed by atoms with van der Waals surface area (Å²) in [6.45, 7) is 10.8. The van der Waals surface area contributed by atoms with Gasteiger partial charge in [0.05, 0.1) is 13.2 Å². The Labute approximate surface area is 163 Å². The Morgan fingerprint density at radius 2 is 2.12 bits per heavy atom. The van der Waals surface area contributed by atoms with E-state index in [2.05, 4.69) is 53.3 Å². The van der Waals surface area contributed by atoms with E-state index in [0.29, 0.717) is 18.4 Å². The molecule has 5 nitrogen and oxygen atoms in total. The van der Waals surface area contributed by atoms with Gasteiger partial charge in [0.25, 0.3) is 0 Å². The highest BCUT2D eigenvalue weighted by Gasteiger charge is 2.09. The third-order valence-electron chi connectivity index (χ3n) is 4.21. The molecule has 136 valence electrons. The van der Waals surface area contributed by atoms with Gasteiger partial charge in [-0.2, -0.15) is 0 Å². The van der Waals surface area contributed by atoms with Crippen LogP contribution in [0.4, 0.5) is 0 Å². The molecule has 0 aromatic heterocycles. The van der Waals surface area contributed by atoms with Gasteiger partial charge in [0.2, 0.25) is 0 Å². The van der Waals surface area contributed by atoms with Crippen molar-refractivity contribution in [2.75, 3.05) is 45.9 Å². The van der Waals surface area contributed by atoms with E-state index < -0.39 is 0 Å². The van der Waals surface area contributed by atoms with Crippen molar-refractivity contribution in [1.82, 2.24) is 10.2 Å². The number of nitrogens with two attached hydrogens (primary N) is 1. The molecule has 24 heavy (non-hydrogen) atoms. The summed E-state index contributed by atoms with van der Waals surface area (Å²) in [6, 6.07) is 8.58. The summed E-state index contributed by atoms with van der Waals surface area (Å²) >= 11 is 0. The van der Waals surface area contributed by atoms with Crippen LogP contribution in [-0.2, 0) is 4.74 Å². The first-order valence-corrected chi connectivity index (χ1v) is 8.55. The first kappa shape index (κ1) is 21.2. The van der Waals surface area contributed by atoms with Crippen molar-refractivity contribution >= 4 is 29.9 Å². The van der Waals surface area contributed by atoms with Gasteiger partial charge in [-0.15, -0.1) is 24.0 Å². The Balaban J connectivity index is 0.00000288. The predicted molar refractivity (Wildman–Crippen MR) is 111 cm³/mol. The minimum absolute atomic E-state index is 0. The normalized spacial score (nSPS) is 17.2. The van der Waals surface area contributed by atoms with Gasteiger partial charge in [0.1, 0.15) is 0 Å². The standard InChI is InChI=1S/C18H30N4O.HI/c1-15-5-3-6-17(13-15)16(2)14-21-18(19)20-7-4-8-22-9-11-23-12-10-22;/h3,5-6,13,16H,4,7-12,14H2,1-2H3,(H3,19,20,21);1H. The highest BCUT2D eigenvalue weighted by atomic mass is 127. The molecular formula is C18H31IN4O. The summed E-state index contributed by atoms with van der Waals surface area (Å²) in [4.78, 5) is 6.89. The summed E-state index contributed by atoms with van der Waals surface area (Å²) in [7, 11) is 0. The van der Waals surface area contributed by atoms with Crippen LogP contribution >= 0.6 is 24.0 Å². The molecule has 1 fully saturated rings. The molecule has 1 aliphatic heterocycles. The third-order valence-corrected chi connectivity index (χ3v) is 4.21. The van der Waals surface area contributed by atoms with E-state index in [9.17, 15) is 0 Å². The fraction of sp³-hybridized carbons (Fsp3) is 0.611. The third kappa shape index (κ3) is 7.81. The number of morpholine rings is 1. The van der Waals surface area contributed by atoms with Gasteiger partial charge in [0.15, 0.2) is 5.96 Å². The second kappa shape index (κ2) is 11.7. The van der Waals surface area contributed by atoms with Crippen LogP contribution in [0, 0.1) is 6.92 Å². The summed E-state index contributed by atoms with van der Waals surface area (Å²) in [6.07, 6.45) is 1.07. The molecule has 0 aliphatic carbocycles. The molecule has 1 heterocycles. The van der Waals surface area contributed by atoms with Crippen LogP contribution in [0.2, 0.25) is 0 Å². The van der Waals surface area contributed by atoms with Gasteiger partial charge in [-0.1, -0.05) is 36.8 Å². The minimum atomic E-state index is 0. The number of halogens is 1. The van der Waals surface area contributed by atoms with Crippen LogP contribution in [0.1, 0.15) is 30.4 Å². The van der Waals surface area contributed by atoms with Crippen LogP contribution in [0.15, 0.2) is 29.3 Å². The molecule has 6 heteroatoms. The van der Waals surface area contributed by atoms with Gasteiger partial charge < -0.3 is 15.8 Å². The van der Waals surface area contributed by atoms with E-state index in [0.717, 1.165) is 45.8 Å². The number of aryl methyl sites for hydroxylation is 1. The predicted octanol–water partition coefficient (Wildman–Crippen LogP) is 2.34. The summed E-state index contributed by atoms with van der Waals surface area (Å²) in [5, 5.41) is 3.21. The lowest BCUT2D eigenvalue weighted by Crippen LogP contribution is -2.39. The minimum Gasteiger partial charge on any atom is -0.379 e. The molecule has 1 atom stereocenters. The second-order valence-corrected chi connectivity index (χ2v) is 6.28. The fourth-order valence-corrected chi connectivity index (χ4v) is 2.72. The molecular weight excluding hydrogens is 415 g/mol. The average molecular weight is 446 g/mol.